The van der Waals surface area contributed by atoms with Crippen molar-refractivity contribution in [2.75, 3.05) is 26.7 Å². The molecule has 1 fully saturated rings. The summed E-state index contributed by atoms with van der Waals surface area (Å²) < 4.78 is 10.9. The summed E-state index contributed by atoms with van der Waals surface area (Å²) in [5.41, 5.74) is 2.10. The summed E-state index contributed by atoms with van der Waals surface area (Å²) in [7, 11) is 2.01. The molecule has 2 aliphatic rings. The van der Waals surface area contributed by atoms with Crippen molar-refractivity contribution in [2.24, 2.45) is 0 Å². The predicted octanol–water partition coefficient (Wildman–Crippen LogP) is 3.12. The fourth-order valence-corrected chi connectivity index (χ4v) is 3.90. The molecule has 1 aromatic carbocycles. The SMILES string of the molecule is CCOC(=O)C1=C(c2cc[c-]cc2)CC2CN(C(=O)OC(C)(C)C)CC1N2C.[U].[V]. The normalized spacial score (nSPS) is 21.3. The largest absolute Gasteiger partial charge is 0.463 e. The first-order chi connectivity index (χ1) is 13.2. The number of benzene rings is 1. The molecule has 0 spiro atoms. The van der Waals surface area contributed by atoms with Crippen LogP contribution >= 0.6 is 0 Å². The number of nitrogens with zero attached hydrogens (tertiary/aromatic N) is 2. The van der Waals surface area contributed by atoms with E-state index in [9.17, 15) is 9.59 Å². The minimum Gasteiger partial charge on any atom is -0.463 e. The van der Waals surface area contributed by atoms with E-state index in [2.05, 4.69) is 11.0 Å². The topological polar surface area (TPSA) is 59.1 Å². The quantitative estimate of drug-likeness (QED) is 0.365. The van der Waals surface area contributed by atoms with E-state index in [0.717, 1.165) is 11.1 Å². The van der Waals surface area contributed by atoms with Gasteiger partial charge >= 0.3 is 12.1 Å². The second kappa shape index (κ2) is 11.2. The van der Waals surface area contributed by atoms with Crippen molar-refractivity contribution in [3.63, 3.8) is 0 Å². The molecule has 0 N–H and O–H groups in total. The molecule has 3 rings (SSSR count). The fourth-order valence-electron chi connectivity index (χ4n) is 3.90. The van der Waals surface area contributed by atoms with Gasteiger partial charge < -0.3 is 14.4 Å². The fraction of sp³-hybridized carbons (Fsp3) is 0.545. The zero-order valence-electron chi connectivity index (χ0n) is 18.3. The maximum absolute atomic E-state index is 12.9. The number of ether oxygens (including phenoxy) is 2. The van der Waals surface area contributed by atoms with Crippen LogP contribution < -0.4 is 0 Å². The third kappa shape index (κ3) is 6.17. The number of carbonyl (C=O) groups excluding carboxylic acids is 2. The Morgan fingerprint density at radius 1 is 1.20 bits per heavy atom. The molecule has 2 bridgehead atoms. The third-order valence-corrected chi connectivity index (χ3v) is 5.20. The molecule has 2 aliphatic heterocycles. The minimum atomic E-state index is -0.555. The van der Waals surface area contributed by atoms with Gasteiger partial charge in [0.2, 0.25) is 0 Å². The number of hydrogen-bond donors (Lipinski definition) is 0. The summed E-state index contributed by atoms with van der Waals surface area (Å²) in [6.07, 6.45) is 0.335. The van der Waals surface area contributed by atoms with Gasteiger partial charge in [0, 0.05) is 68.8 Å². The number of rotatable bonds is 3. The molecule has 2 heterocycles. The molecule has 0 saturated carbocycles. The van der Waals surface area contributed by atoms with E-state index in [-0.39, 0.29) is 73.8 Å². The van der Waals surface area contributed by atoms with Crippen molar-refractivity contribution in [1.82, 2.24) is 9.80 Å². The van der Waals surface area contributed by atoms with E-state index < -0.39 is 5.60 Å². The summed E-state index contributed by atoms with van der Waals surface area (Å²) in [5, 5.41) is 0. The molecule has 6 nitrogen and oxygen atoms in total. The first-order valence-corrected chi connectivity index (χ1v) is 9.77. The van der Waals surface area contributed by atoms with Crippen LogP contribution in [0, 0.1) is 37.2 Å². The number of piperazine rings is 1. The standard InChI is InChI=1S/C22H29N2O4.U.V/c1-6-27-20(25)19-17(15-10-8-7-9-11-15)12-16-13-24(14-18(19)23(16)5)21(26)28-22(2,3)4;;/h8-11,16,18H,6,12-14H2,1-5H3;;/q-1;;. The maximum Gasteiger partial charge on any atom is 0.410 e. The molecule has 8 heteroatoms. The number of hydrogen-bond acceptors (Lipinski definition) is 5. The van der Waals surface area contributed by atoms with E-state index in [1.165, 1.54) is 0 Å². The van der Waals surface area contributed by atoms with Gasteiger partial charge in [0.1, 0.15) is 5.60 Å². The van der Waals surface area contributed by atoms with E-state index in [1.807, 2.05) is 52.1 Å². The Bertz CT molecular complexity index is 779. The molecule has 1 aromatic rings. The van der Waals surface area contributed by atoms with Gasteiger partial charge in [0.15, 0.2) is 0 Å². The summed E-state index contributed by atoms with van der Waals surface area (Å²) >= 11 is 0. The van der Waals surface area contributed by atoms with Crippen LogP contribution in [-0.2, 0) is 32.8 Å². The molecular formula is C22H29N2O4UV-. The van der Waals surface area contributed by atoms with E-state index in [4.69, 9.17) is 9.47 Å². The van der Waals surface area contributed by atoms with Crippen molar-refractivity contribution >= 4 is 17.6 Å². The summed E-state index contributed by atoms with van der Waals surface area (Å²) in [6.45, 7) is 8.66. The van der Waals surface area contributed by atoms with Crippen LogP contribution in [0.4, 0.5) is 4.79 Å². The molecule has 2 atom stereocenters. The van der Waals surface area contributed by atoms with Crippen molar-refractivity contribution < 1.29 is 68.7 Å². The Morgan fingerprint density at radius 2 is 1.83 bits per heavy atom. The Balaban J connectivity index is 0.00000225. The van der Waals surface area contributed by atoms with Crippen LogP contribution in [0.15, 0.2) is 29.8 Å². The molecule has 0 aliphatic carbocycles. The molecule has 1 radical (unpaired) electrons. The van der Waals surface area contributed by atoms with Gasteiger partial charge in [-0.3, -0.25) is 4.90 Å². The van der Waals surface area contributed by atoms with Crippen molar-refractivity contribution in [3.05, 3.63) is 41.5 Å². The number of amides is 1. The zero-order chi connectivity index (χ0) is 20.5. The first-order valence-electron chi connectivity index (χ1n) is 9.77. The molecule has 2 unspecified atom stereocenters. The van der Waals surface area contributed by atoms with Gasteiger partial charge in [-0.1, -0.05) is 5.57 Å². The molecule has 161 valence electrons. The van der Waals surface area contributed by atoms with Crippen molar-refractivity contribution in [1.29, 1.82) is 0 Å². The second-order valence-electron chi connectivity index (χ2n) is 8.33. The van der Waals surface area contributed by atoms with E-state index in [0.29, 0.717) is 31.7 Å². The Morgan fingerprint density at radius 3 is 2.40 bits per heavy atom. The van der Waals surface area contributed by atoms with Gasteiger partial charge in [-0.05, 0) is 41.2 Å². The van der Waals surface area contributed by atoms with Gasteiger partial charge in [-0.2, -0.15) is 30.3 Å². The monoisotopic (exact) mass is 674 g/mol. The maximum atomic E-state index is 12.9. The van der Waals surface area contributed by atoms with Gasteiger partial charge in [-0.15, -0.1) is 5.56 Å². The molecule has 0 aromatic heterocycles. The van der Waals surface area contributed by atoms with Crippen molar-refractivity contribution in [3.8, 4) is 0 Å². The van der Waals surface area contributed by atoms with Crippen LogP contribution in [0.1, 0.15) is 39.7 Å². The second-order valence-corrected chi connectivity index (χ2v) is 8.33. The summed E-state index contributed by atoms with van der Waals surface area (Å²) in [4.78, 5) is 29.4. The van der Waals surface area contributed by atoms with E-state index in [1.54, 1.807) is 11.8 Å². The molecule has 30 heavy (non-hydrogen) atoms. The molecular weight excluding hydrogens is 645 g/mol. The number of esters is 1. The Hall–Kier alpha value is -0.704. The van der Waals surface area contributed by atoms with Crippen LogP contribution in [-0.4, -0.2) is 66.3 Å². The number of fused-ring (bicyclic) bond motifs is 2. The number of likely N-dealkylation sites (N-methyl/N-ethyl adjacent to an activating group) is 1. The molecule has 1 saturated heterocycles. The zero-order valence-corrected chi connectivity index (χ0v) is 23.8. The van der Waals surface area contributed by atoms with Gasteiger partial charge in [0.05, 0.1) is 18.2 Å². The summed E-state index contributed by atoms with van der Waals surface area (Å²) in [5.74, 6) is -0.313. The van der Waals surface area contributed by atoms with Gasteiger partial charge in [-0.25, -0.2) is 9.59 Å². The first kappa shape index (κ1) is 27.3. The smallest absolute Gasteiger partial charge is 0.410 e. The van der Waals surface area contributed by atoms with Crippen LogP contribution in [0.3, 0.4) is 0 Å². The average molecular weight is 674 g/mol. The Labute approximate surface area is 215 Å². The van der Waals surface area contributed by atoms with Crippen LogP contribution in [0.25, 0.3) is 5.57 Å². The van der Waals surface area contributed by atoms with Crippen LogP contribution in [0.5, 0.6) is 0 Å². The van der Waals surface area contributed by atoms with Crippen molar-refractivity contribution in [2.45, 2.75) is 51.8 Å². The van der Waals surface area contributed by atoms with E-state index >= 15 is 0 Å². The van der Waals surface area contributed by atoms with Gasteiger partial charge in [0.25, 0.3) is 0 Å². The average Bonchev–Trinajstić information content (AvgIpc) is 2.61. The number of carbonyl (C=O) groups is 2. The predicted molar refractivity (Wildman–Crippen MR) is 107 cm³/mol. The summed E-state index contributed by atoms with van der Waals surface area (Å²) in [6, 6.07) is 10.6. The molecule has 1 amide bonds. The van der Waals surface area contributed by atoms with Crippen LogP contribution in [0.2, 0.25) is 0 Å². The third-order valence-electron chi connectivity index (χ3n) is 5.20. The Kier molecular flexibility index (Phi) is 10.2. The minimum absolute atomic E-state index is 0.